The second-order valence-electron chi connectivity index (χ2n) is 4.98. The molecule has 0 bridgehead atoms. The van der Waals surface area contributed by atoms with Crippen LogP contribution in [0.4, 0.5) is 5.69 Å². The molecule has 4 nitrogen and oxygen atoms in total. The Labute approximate surface area is 131 Å². The zero-order valence-electron chi connectivity index (χ0n) is 11.8. The second-order valence-corrected chi connectivity index (χ2v) is 6.42. The summed E-state index contributed by atoms with van der Waals surface area (Å²) >= 11 is 7.81. The van der Waals surface area contributed by atoms with Crippen LogP contribution in [-0.2, 0) is 6.54 Å². The predicted octanol–water partition coefficient (Wildman–Crippen LogP) is 4.48. The molecule has 0 radical (unpaired) electrons. The van der Waals surface area contributed by atoms with E-state index in [-0.39, 0.29) is 6.04 Å². The predicted molar refractivity (Wildman–Crippen MR) is 88.0 cm³/mol. The number of nitrogens with two attached hydrogens (primary N) is 1. The van der Waals surface area contributed by atoms with Crippen LogP contribution in [-0.4, -0.2) is 4.98 Å². The van der Waals surface area contributed by atoms with Crippen LogP contribution in [0.3, 0.4) is 0 Å². The van der Waals surface area contributed by atoms with Crippen molar-refractivity contribution in [1.29, 1.82) is 0 Å². The van der Waals surface area contributed by atoms with E-state index >= 15 is 0 Å². The Balaban J connectivity index is 2.02. The maximum absolute atomic E-state index is 6.14. The molecular formula is C15H16ClN3OS. The molecule has 0 saturated heterocycles. The van der Waals surface area contributed by atoms with Gasteiger partial charge >= 0.3 is 0 Å². The molecule has 3 aromatic heterocycles. The van der Waals surface area contributed by atoms with E-state index in [2.05, 4.69) is 10.3 Å². The van der Waals surface area contributed by atoms with E-state index in [1.807, 2.05) is 32.0 Å². The van der Waals surface area contributed by atoms with Crippen LogP contribution in [0.2, 0.25) is 5.15 Å². The van der Waals surface area contributed by atoms with Gasteiger partial charge in [0.2, 0.25) is 0 Å². The summed E-state index contributed by atoms with van der Waals surface area (Å²) < 4.78 is 6.42. The largest absolute Gasteiger partial charge is 0.467 e. The van der Waals surface area contributed by atoms with Crippen LogP contribution >= 0.6 is 22.9 Å². The quantitative estimate of drug-likeness (QED) is 0.695. The van der Waals surface area contributed by atoms with Crippen molar-refractivity contribution in [3.63, 3.8) is 0 Å². The third kappa shape index (κ3) is 2.77. The van der Waals surface area contributed by atoms with Crippen LogP contribution < -0.4 is 11.1 Å². The number of nitrogens with one attached hydrogen (secondary N) is 1. The third-order valence-electron chi connectivity index (χ3n) is 3.33. The Bertz CT molecular complexity index is 765. The molecule has 3 aromatic rings. The van der Waals surface area contributed by atoms with E-state index in [1.165, 1.54) is 0 Å². The summed E-state index contributed by atoms with van der Waals surface area (Å²) in [6.45, 7) is 4.62. The van der Waals surface area contributed by atoms with Gasteiger partial charge in [-0.1, -0.05) is 11.6 Å². The minimum atomic E-state index is -0.0131. The van der Waals surface area contributed by atoms with Crippen LogP contribution in [0, 0.1) is 6.92 Å². The summed E-state index contributed by atoms with van der Waals surface area (Å²) in [5.41, 5.74) is 9.01. The van der Waals surface area contributed by atoms with E-state index in [1.54, 1.807) is 17.6 Å². The number of hydrogen-bond acceptors (Lipinski definition) is 5. The molecular weight excluding hydrogens is 306 g/mol. The van der Waals surface area contributed by atoms with Crippen molar-refractivity contribution in [2.75, 3.05) is 5.32 Å². The Morgan fingerprint density at radius 3 is 3.00 bits per heavy atom. The number of aromatic nitrogens is 1. The average Bonchev–Trinajstić information content (AvgIpc) is 3.05. The van der Waals surface area contributed by atoms with Gasteiger partial charge in [-0.05, 0) is 31.5 Å². The molecule has 0 aromatic carbocycles. The van der Waals surface area contributed by atoms with E-state index in [4.69, 9.17) is 21.8 Å². The maximum atomic E-state index is 6.14. The molecule has 0 spiro atoms. The van der Waals surface area contributed by atoms with Crippen molar-refractivity contribution in [3.8, 4) is 0 Å². The van der Waals surface area contributed by atoms with E-state index in [9.17, 15) is 0 Å². The number of fused-ring (bicyclic) bond motifs is 1. The number of thiophene rings is 1. The second kappa shape index (κ2) is 5.67. The van der Waals surface area contributed by atoms with E-state index in [0.29, 0.717) is 11.7 Å². The standard InChI is InChI=1S/C15H16ClN3OS/c1-8-13-15(21-14(8)9(2)17)11(6-12(16)19-13)18-7-10-4-3-5-20-10/h3-6,9H,7,17H2,1-2H3,(H,18,19)/t9-/m0/s1. The number of nitrogens with zero attached hydrogens (tertiary/aromatic N) is 1. The van der Waals surface area contributed by atoms with Gasteiger partial charge in [0.05, 0.1) is 28.7 Å². The molecule has 21 heavy (non-hydrogen) atoms. The highest BCUT2D eigenvalue weighted by molar-refractivity contribution is 7.20. The van der Waals surface area contributed by atoms with Gasteiger partial charge < -0.3 is 15.5 Å². The summed E-state index contributed by atoms with van der Waals surface area (Å²) in [4.78, 5) is 5.58. The highest BCUT2D eigenvalue weighted by Crippen LogP contribution is 2.38. The third-order valence-corrected chi connectivity index (χ3v) is 5.03. The molecule has 0 aliphatic rings. The SMILES string of the molecule is Cc1c([C@H](C)N)sc2c(NCc3ccco3)cc(Cl)nc12. The molecule has 3 rings (SSSR count). The average molecular weight is 322 g/mol. The van der Waals surface area contributed by atoms with Crippen LogP contribution in [0.25, 0.3) is 10.2 Å². The molecule has 0 fully saturated rings. The smallest absolute Gasteiger partial charge is 0.131 e. The molecule has 6 heteroatoms. The molecule has 0 saturated carbocycles. The van der Waals surface area contributed by atoms with Gasteiger partial charge in [-0.2, -0.15) is 0 Å². The number of aryl methyl sites for hydroxylation is 1. The first-order valence-electron chi connectivity index (χ1n) is 6.67. The Hall–Kier alpha value is -1.56. The lowest BCUT2D eigenvalue weighted by molar-refractivity contribution is 0.518. The zero-order valence-corrected chi connectivity index (χ0v) is 13.4. The van der Waals surface area contributed by atoms with Crippen molar-refractivity contribution < 1.29 is 4.42 Å². The topological polar surface area (TPSA) is 64.1 Å². The van der Waals surface area contributed by atoms with Gasteiger partial charge in [-0.25, -0.2) is 4.98 Å². The summed E-state index contributed by atoms with van der Waals surface area (Å²) in [7, 11) is 0. The number of hydrogen-bond donors (Lipinski definition) is 2. The first kappa shape index (κ1) is 14.4. The fourth-order valence-corrected chi connectivity index (χ4v) is 3.71. The van der Waals surface area contributed by atoms with E-state index < -0.39 is 0 Å². The lowest BCUT2D eigenvalue weighted by Gasteiger charge is -2.06. The first-order valence-corrected chi connectivity index (χ1v) is 7.87. The summed E-state index contributed by atoms with van der Waals surface area (Å²) in [6, 6.07) is 5.63. The van der Waals surface area contributed by atoms with Crippen molar-refractivity contribution >= 4 is 38.8 Å². The van der Waals surface area contributed by atoms with Crippen molar-refractivity contribution in [2.24, 2.45) is 5.73 Å². The van der Waals surface area contributed by atoms with Gasteiger partial charge in [0.15, 0.2) is 0 Å². The summed E-state index contributed by atoms with van der Waals surface area (Å²) in [6.07, 6.45) is 1.66. The Kier molecular flexibility index (Phi) is 3.89. The highest BCUT2D eigenvalue weighted by atomic mass is 35.5. The van der Waals surface area contributed by atoms with Gasteiger partial charge in [0.1, 0.15) is 10.9 Å². The Morgan fingerprint density at radius 1 is 1.52 bits per heavy atom. The maximum Gasteiger partial charge on any atom is 0.131 e. The first-order chi connectivity index (χ1) is 10.1. The number of furan rings is 1. The number of halogens is 1. The van der Waals surface area contributed by atoms with Crippen molar-refractivity contribution in [3.05, 3.63) is 45.8 Å². The Morgan fingerprint density at radius 2 is 2.33 bits per heavy atom. The molecule has 0 aliphatic heterocycles. The van der Waals surface area contributed by atoms with Crippen molar-refractivity contribution in [1.82, 2.24) is 4.98 Å². The lowest BCUT2D eigenvalue weighted by atomic mass is 10.1. The van der Waals surface area contributed by atoms with Gasteiger partial charge in [0, 0.05) is 17.0 Å². The van der Waals surface area contributed by atoms with Gasteiger partial charge in [-0.15, -0.1) is 11.3 Å². The molecule has 0 unspecified atom stereocenters. The monoisotopic (exact) mass is 321 g/mol. The van der Waals surface area contributed by atoms with E-state index in [0.717, 1.165) is 32.1 Å². The molecule has 110 valence electrons. The summed E-state index contributed by atoms with van der Waals surface area (Å²) in [5, 5.41) is 3.84. The van der Waals surface area contributed by atoms with Crippen molar-refractivity contribution in [2.45, 2.75) is 26.4 Å². The fraction of sp³-hybridized carbons (Fsp3) is 0.267. The minimum Gasteiger partial charge on any atom is -0.467 e. The molecule has 1 atom stereocenters. The molecule has 3 N–H and O–H groups in total. The summed E-state index contributed by atoms with van der Waals surface area (Å²) in [5.74, 6) is 0.872. The van der Waals surface area contributed by atoms with Crippen LogP contribution in [0.5, 0.6) is 0 Å². The molecule has 3 heterocycles. The zero-order chi connectivity index (χ0) is 15.0. The molecule has 0 aliphatic carbocycles. The van der Waals surface area contributed by atoms with Gasteiger partial charge in [0.25, 0.3) is 0 Å². The highest BCUT2D eigenvalue weighted by Gasteiger charge is 2.16. The number of pyridine rings is 1. The minimum absolute atomic E-state index is 0.0131. The number of rotatable bonds is 4. The van der Waals surface area contributed by atoms with Crippen LogP contribution in [0.15, 0.2) is 28.9 Å². The normalized spacial score (nSPS) is 12.8. The lowest BCUT2D eigenvalue weighted by Crippen LogP contribution is -2.03. The van der Waals surface area contributed by atoms with Gasteiger partial charge in [-0.3, -0.25) is 0 Å². The van der Waals surface area contributed by atoms with Crippen LogP contribution in [0.1, 0.15) is 29.2 Å². The number of anilines is 1. The molecule has 0 amide bonds. The fourth-order valence-electron chi connectivity index (χ4n) is 2.32.